The number of thiophene rings is 2. The molecular weight excluding hydrogens is 428 g/mol. The van der Waals surface area contributed by atoms with Gasteiger partial charge in [-0.25, -0.2) is 4.98 Å². The maximum absolute atomic E-state index is 13.3. The average Bonchev–Trinajstić information content (AvgIpc) is 3.19. The van der Waals surface area contributed by atoms with Crippen LogP contribution in [0.5, 0.6) is 0 Å². The van der Waals surface area contributed by atoms with Gasteiger partial charge in [-0.15, -0.1) is 22.7 Å². The first-order valence-corrected chi connectivity index (χ1v) is 9.45. The summed E-state index contributed by atoms with van der Waals surface area (Å²) < 4.78 is 78.0. The van der Waals surface area contributed by atoms with Gasteiger partial charge in [0.15, 0.2) is 0 Å². The highest BCUT2D eigenvalue weighted by molar-refractivity contribution is 7.21. The summed E-state index contributed by atoms with van der Waals surface area (Å²) in [6.07, 6.45) is -12.0. The molecule has 1 atom stereocenters. The van der Waals surface area contributed by atoms with Crippen molar-refractivity contribution in [2.24, 2.45) is 0 Å². The summed E-state index contributed by atoms with van der Waals surface area (Å²) >= 11 is 1.88. The van der Waals surface area contributed by atoms with Gasteiger partial charge in [-0.05, 0) is 17.5 Å². The standard InChI is InChI=1S/C16H9F6N3OS2/c17-15(18,19)5-9-24-11-10-6(7-2-1-3-27-7)4-8(16(20,21)22)23-14(10)28-12(11)13(26)25-9/h1-4,9,24H,5H2,(H,25,26)/t9-/m0/s1. The lowest BCUT2D eigenvalue weighted by atomic mass is 10.1. The molecular formula is C16H9F6N3OS2. The number of carbonyl (C=O) groups is 1. The van der Waals surface area contributed by atoms with Crippen LogP contribution in [-0.4, -0.2) is 23.2 Å². The Morgan fingerprint density at radius 3 is 2.50 bits per heavy atom. The van der Waals surface area contributed by atoms with Crippen molar-refractivity contribution in [3.63, 3.8) is 0 Å². The van der Waals surface area contributed by atoms with E-state index in [4.69, 9.17) is 0 Å². The summed E-state index contributed by atoms with van der Waals surface area (Å²) in [5.41, 5.74) is -0.894. The van der Waals surface area contributed by atoms with E-state index in [1.165, 1.54) is 11.3 Å². The van der Waals surface area contributed by atoms with Crippen molar-refractivity contribution in [1.82, 2.24) is 10.3 Å². The molecule has 0 unspecified atom stereocenters. The Balaban J connectivity index is 1.93. The van der Waals surface area contributed by atoms with Gasteiger partial charge < -0.3 is 10.6 Å². The van der Waals surface area contributed by atoms with E-state index >= 15 is 0 Å². The Bertz CT molecular complexity index is 1060. The summed E-state index contributed by atoms with van der Waals surface area (Å²) in [5, 5.41) is 6.66. The largest absolute Gasteiger partial charge is 0.433 e. The molecule has 1 aliphatic rings. The predicted octanol–water partition coefficient (Wildman–Crippen LogP) is 5.48. The van der Waals surface area contributed by atoms with Gasteiger partial charge in [0.2, 0.25) is 0 Å². The zero-order chi connectivity index (χ0) is 20.3. The number of fused-ring (bicyclic) bond motifs is 3. The molecule has 4 nitrogen and oxygen atoms in total. The number of amides is 1. The van der Waals surface area contributed by atoms with Crippen molar-refractivity contribution in [2.45, 2.75) is 24.9 Å². The minimum atomic E-state index is -4.71. The third-order valence-electron chi connectivity index (χ3n) is 4.00. The van der Waals surface area contributed by atoms with Gasteiger partial charge >= 0.3 is 12.4 Å². The Labute approximate surface area is 161 Å². The van der Waals surface area contributed by atoms with Crippen LogP contribution in [0.15, 0.2) is 23.6 Å². The van der Waals surface area contributed by atoms with Crippen LogP contribution in [0.4, 0.5) is 32.0 Å². The maximum atomic E-state index is 13.3. The summed E-state index contributed by atoms with van der Waals surface area (Å²) in [7, 11) is 0. The number of rotatable bonds is 2. The predicted molar refractivity (Wildman–Crippen MR) is 93.5 cm³/mol. The summed E-state index contributed by atoms with van der Waals surface area (Å²) in [6.45, 7) is 0. The molecule has 3 aromatic heterocycles. The number of nitrogens with one attached hydrogen (secondary N) is 2. The molecule has 1 aliphatic heterocycles. The zero-order valence-corrected chi connectivity index (χ0v) is 15.2. The van der Waals surface area contributed by atoms with E-state index in [0.29, 0.717) is 16.2 Å². The molecule has 0 bridgehead atoms. The van der Waals surface area contributed by atoms with Crippen molar-refractivity contribution >= 4 is 44.5 Å². The Kier molecular flexibility index (Phi) is 4.30. The first-order chi connectivity index (χ1) is 13.0. The molecule has 28 heavy (non-hydrogen) atoms. The first kappa shape index (κ1) is 19.0. The van der Waals surface area contributed by atoms with Crippen molar-refractivity contribution in [1.29, 1.82) is 0 Å². The fourth-order valence-electron chi connectivity index (χ4n) is 2.93. The topological polar surface area (TPSA) is 54.0 Å². The number of nitrogens with zero attached hydrogens (tertiary/aromatic N) is 1. The van der Waals surface area contributed by atoms with Crippen molar-refractivity contribution in [3.8, 4) is 10.4 Å². The second kappa shape index (κ2) is 6.34. The van der Waals surface area contributed by atoms with E-state index in [-0.39, 0.29) is 26.3 Å². The van der Waals surface area contributed by atoms with E-state index in [9.17, 15) is 31.1 Å². The van der Waals surface area contributed by atoms with E-state index < -0.39 is 36.5 Å². The Hall–Kier alpha value is -2.34. The molecule has 0 spiro atoms. The molecule has 2 N–H and O–H groups in total. The van der Waals surface area contributed by atoms with Gasteiger partial charge in [-0.1, -0.05) is 6.07 Å². The molecule has 148 valence electrons. The fourth-order valence-corrected chi connectivity index (χ4v) is 4.75. The van der Waals surface area contributed by atoms with Gasteiger partial charge in [0, 0.05) is 15.8 Å². The second-order valence-corrected chi connectivity index (χ2v) is 7.95. The quantitative estimate of drug-likeness (QED) is 0.523. The molecule has 1 amide bonds. The van der Waals surface area contributed by atoms with Crippen LogP contribution in [0.2, 0.25) is 0 Å². The van der Waals surface area contributed by atoms with Crippen LogP contribution < -0.4 is 10.6 Å². The van der Waals surface area contributed by atoms with E-state index in [1.54, 1.807) is 17.5 Å². The number of carbonyl (C=O) groups excluding carboxylic acids is 1. The van der Waals surface area contributed by atoms with Crippen LogP contribution in [0.3, 0.4) is 0 Å². The van der Waals surface area contributed by atoms with Crippen LogP contribution >= 0.6 is 22.7 Å². The van der Waals surface area contributed by atoms with E-state index in [0.717, 1.165) is 6.07 Å². The second-order valence-electron chi connectivity index (χ2n) is 6.01. The molecule has 4 heterocycles. The van der Waals surface area contributed by atoms with Gasteiger partial charge in [0.05, 0.1) is 12.1 Å². The third kappa shape index (κ3) is 3.41. The van der Waals surface area contributed by atoms with Crippen LogP contribution in [0.1, 0.15) is 21.8 Å². The monoisotopic (exact) mass is 437 g/mol. The first-order valence-electron chi connectivity index (χ1n) is 7.76. The van der Waals surface area contributed by atoms with Crippen LogP contribution in [0, 0.1) is 0 Å². The maximum Gasteiger partial charge on any atom is 0.433 e. The highest BCUT2D eigenvalue weighted by Gasteiger charge is 2.39. The smallest absolute Gasteiger partial charge is 0.363 e. The highest BCUT2D eigenvalue weighted by atomic mass is 32.1. The molecule has 0 saturated carbocycles. The van der Waals surface area contributed by atoms with Crippen LogP contribution in [0.25, 0.3) is 20.7 Å². The minimum absolute atomic E-state index is 0.00180. The van der Waals surface area contributed by atoms with E-state index in [2.05, 4.69) is 15.6 Å². The lowest BCUT2D eigenvalue weighted by Gasteiger charge is -2.27. The number of halogens is 6. The van der Waals surface area contributed by atoms with Crippen molar-refractivity contribution in [3.05, 3.63) is 34.2 Å². The minimum Gasteiger partial charge on any atom is -0.363 e. The summed E-state index contributed by atoms with van der Waals surface area (Å²) in [5.74, 6) is -0.781. The molecule has 4 rings (SSSR count). The molecule has 0 radical (unpaired) electrons. The number of hydrogen-bond acceptors (Lipinski definition) is 5. The summed E-state index contributed by atoms with van der Waals surface area (Å²) in [6, 6.07) is 4.10. The van der Waals surface area contributed by atoms with Crippen molar-refractivity contribution < 1.29 is 31.1 Å². The molecule has 0 saturated heterocycles. The zero-order valence-electron chi connectivity index (χ0n) is 13.5. The number of hydrogen-bond donors (Lipinski definition) is 2. The Morgan fingerprint density at radius 2 is 1.89 bits per heavy atom. The Morgan fingerprint density at radius 1 is 1.14 bits per heavy atom. The van der Waals surface area contributed by atoms with Gasteiger partial charge in [-0.3, -0.25) is 4.79 Å². The van der Waals surface area contributed by atoms with E-state index in [1.807, 2.05) is 0 Å². The summed E-state index contributed by atoms with van der Waals surface area (Å²) in [4.78, 5) is 16.3. The average molecular weight is 437 g/mol. The van der Waals surface area contributed by atoms with Gasteiger partial charge in [-0.2, -0.15) is 26.3 Å². The lowest BCUT2D eigenvalue weighted by molar-refractivity contribution is -0.141. The number of alkyl halides is 6. The SMILES string of the molecule is O=C1N[C@@H](CC(F)(F)F)Nc2c1sc1nc(C(F)(F)F)cc(-c3cccs3)c21. The highest BCUT2D eigenvalue weighted by Crippen LogP contribution is 2.46. The lowest BCUT2D eigenvalue weighted by Crippen LogP contribution is -2.46. The molecule has 0 fully saturated rings. The third-order valence-corrected chi connectivity index (χ3v) is 5.99. The number of anilines is 1. The normalized spacial score (nSPS) is 17.4. The molecule has 0 aromatic carbocycles. The van der Waals surface area contributed by atoms with Crippen LogP contribution in [-0.2, 0) is 6.18 Å². The van der Waals surface area contributed by atoms with Crippen molar-refractivity contribution in [2.75, 3.05) is 5.32 Å². The van der Waals surface area contributed by atoms with Gasteiger partial charge in [0.25, 0.3) is 5.91 Å². The number of aromatic nitrogens is 1. The molecule has 3 aromatic rings. The number of pyridine rings is 1. The molecule has 0 aliphatic carbocycles. The van der Waals surface area contributed by atoms with Gasteiger partial charge in [0.1, 0.15) is 21.6 Å². The fraction of sp³-hybridized carbons (Fsp3) is 0.250. The molecule has 12 heteroatoms.